The first-order chi connectivity index (χ1) is 7.26. The molecule has 1 saturated heterocycles. The molecule has 2 aliphatic rings. The van der Waals surface area contributed by atoms with Crippen LogP contribution in [0.2, 0.25) is 0 Å². The molecule has 0 unspecified atom stereocenters. The van der Waals surface area contributed by atoms with Crippen molar-refractivity contribution in [2.75, 3.05) is 13.1 Å². The second-order valence-corrected chi connectivity index (χ2v) is 8.35. The maximum atomic E-state index is 12.1. The van der Waals surface area contributed by atoms with Gasteiger partial charge in [0.05, 0.1) is 5.25 Å². The summed E-state index contributed by atoms with van der Waals surface area (Å²) < 4.78 is 23.0. The van der Waals surface area contributed by atoms with Crippen molar-refractivity contribution in [3.05, 3.63) is 0 Å². The summed E-state index contributed by atoms with van der Waals surface area (Å²) >= 11 is 0. The van der Waals surface area contributed by atoms with Crippen LogP contribution in [0, 0.1) is 5.92 Å². The lowest BCUT2D eigenvalue weighted by molar-refractivity contribution is -0.139. The molecule has 0 N–H and O–H groups in total. The summed E-state index contributed by atoms with van der Waals surface area (Å²) in [6, 6.07) is 0. The topological polar surface area (TPSA) is 54.5 Å². The highest BCUT2D eigenvalue weighted by atomic mass is 32.2. The van der Waals surface area contributed by atoms with E-state index in [1.54, 1.807) is 18.7 Å². The van der Waals surface area contributed by atoms with E-state index in [1.165, 1.54) is 0 Å². The number of amides is 1. The zero-order valence-corrected chi connectivity index (χ0v) is 10.9. The Morgan fingerprint density at radius 1 is 1.25 bits per heavy atom. The standard InChI is InChI=1S/C11H19NO3S/c1-8-6-12(7-8)10(13)11(2,3)16(14,15)9-4-5-9/h8-9H,4-7H2,1-3H3. The number of sulfone groups is 1. The molecule has 4 nitrogen and oxygen atoms in total. The van der Waals surface area contributed by atoms with E-state index >= 15 is 0 Å². The molecule has 1 aliphatic heterocycles. The third-order valence-corrected chi connectivity index (χ3v) is 6.49. The van der Waals surface area contributed by atoms with Gasteiger partial charge in [0, 0.05) is 13.1 Å². The van der Waals surface area contributed by atoms with Crippen molar-refractivity contribution in [3.63, 3.8) is 0 Å². The molecular formula is C11H19NO3S. The van der Waals surface area contributed by atoms with Crippen molar-refractivity contribution in [2.45, 2.75) is 43.6 Å². The molecule has 0 aromatic heterocycles. The van der Waals surface area contributed by atoms with E-state index in [0.29, 0.717) is 19.0 Å². The summed E-state index contributed by atoms with van der Waals surface area (Å²) in [6.07, 6.45) is 1.44. The molecule has 1 heterocycles. The first-order valence-corrected chi connectivity index (χ1v) is 7.34. The second-order valence-electron chi connectivity index (χ2n) is 5.57. The lowest BCUT2D eigenvalue weighted by Crippen LogP contribution is -2.58. The second kappa shape index (κ2) is 3.45. The first-order valence-electron chi connectivity index (χ1n) is 5.79. The maximum absolute atomic E-state index is 12.1. The van der Waals surface area contributed by atoms with Gasteiger partial charge in [0.1, 0.15) is 4.75 Å². The van der Waals surface area contributed by atoms with E-state index in [0.717, 1.165) is 12.8 Å². The first kappa shape index (κ1) is 11.9. The molecule has 92 valence electrons. The Hall–Kier alpha value is -0.580. The lowest BCUT2D eigenvalue weighted by Gasteiger charge is -2.41. The number of carbonyl (C=O) groups is 1. The molecule has 0 bridgehead atoms. The third kappa shape index (κ3) is 1.65. The van der Waals surface area contributed by atoms with E-state index in [9.17, 15) is 13.2 Å². The Morgan fingerprint density at radius 3 is 2.12 bits per heavy atom. The zero-order valence-electron chi connectivity index (χ0n) is 10.1. The van der Waals surface area contributed by atoms with Gasteiger partial charge in [-0.15, -0.1) is 0 Å². The van der Waals surface area contributed by atoms with Gasteiger partial charge in [-0.25, -0.2) is 8.42 Å². The van der Waals surface area contributed by atoms with Crippen LogP contribution in [-0.4, -0.2) is 42.3 Å². The summed E-state index contributed by atoms with van der Waals surface area (Å²) in [6.45, 7) is 6.55. The summed E-state index contributed by atoms with van der Waals surface area (Å²) in [7, 11) is -3.29. The Labute approximate surface area is 96.9 Å². The fraction of sp³-hybridized carbons (Fsp3) is 0.909. The predicted octanol–water partition coefficient (Wildman–Crippen LogP) is 0.821. The van der Waals surface area contributed by atoms with Crippen molar-refractivity contribution in [1.82, 2.24) is 4.90 Å². The van der Waals surface area contributed by atoms with Gasteiger partial charge in [0.25, 0.3) is 0 Å². The maximum Gasteiger partial charge on any atom is 0.243 e. The molecule has 0 atom stereocenters. The third-order valence-electron chi connectivity index (χ3n) is 3.54. The average Bonchev–Trinajstić information content (AvgIpc) is 2.94. The Morgan fingerprint density at radius 2 is 1.75 bits per heavy atom. The molecule has 0 radical (unpaired) electrons. The highest BCUT2D eigenvalue weighted by Crippen LogP contribution is 2.37. The van der Waals surface area contributed by atoms with Gasteiger partial charge in [-0.3, -0.25) is 4.79 Å². The van der Waals surface area contributed by atoms with Crippen LogP contribution in [0.5, 0.6) is 0 Å². The predicted molar refractivity (Wildman–Crippen MR) is 61.8 cm³/mol. The number of hydrogen-bond acceptors (Lipinski definition) is 3. The highest BCUT2D eigenvalue weighted by molar-refractivity contribution is 7.94. The molecule has 1 saturated carbocycles. The molecule has 0 aromatic rings. The van der Waals surface area contributed by atoms with E-state index in [-0.39, 0.29) is 11.2 Å². The van der Waals surface area contributed by atoms with Gasteiger partial charge in [-0.2, -0.15) is 0 Å². The molecule has 0 aromatic carbocycles. The van der Waals surface area contributed by atoms with Crippen molar-refractivity contribution in [1.29, 1.82) is 0 Å². The van der Waals surface area contributed by atoms with Crippen LogP contribution >= 0.6 is 0 Å². The van der Waals surface area contributed by atoms with Crippen LogP contribution in [0.15, 0.2) is 0 Å². The lowest BCUT2D eigenvalue weighted by atomic mass is 10.0. The van der Waals surface area contributed by atoms with Gasteiger partial charge in [0.15, 0.2) is 9.84 Å². The minimum atomic E-state index is -3.29. The zero-order chi connectivity index (χ0) is 12.1. The van der Waals surface area contributed by atoms with Crippen LogP contribution in [0.25, 0.3) is 0 Å². The number of likely N-dealkylation sites (tertiary alicyclic amines) is 1. The van der Waals surface area contributed by atoms with Crippen molar-refractivity contribution >= 4 is 15.7 Å². The molecule has 1 aliphatic carbocycles. The minimum absolute atomic E-state index is 0.225. The van der Waals surface area contributed by atoms with Crippen LogP contribution in [0.3, 0.4) is 0 Å². The van der Waals surface area contributed by atoms with Gasteiger partial charge < -0.3 is 4.90 Å². The van der Waals surface area contributed by atoms with Gasteiger partial charge in [-0.05, 0) is 32.6 Å². The van der Waals surface area contributed by atoms with Crippen molar-refractivity contribution in [3.8, 4) is 0 Å². The molecular weight excluding hydrogens is 226 g/mol. The quantitative estimate of drug-likeness (QED) is 0.739. The van der Waals surface area contributed by atoms with Gasteiger partial charge in [-0.1, -0.05) is 6.92 Å². The van der Waals surface area contributed by atoms with E-state index < -0.39 is 14.6 Å². The van der Waals surface area contributed by atoms with Crippen LogP contribution < -0.4 is 0 Å². The molecule has 5 heteroatoms. The molecule has 16 heavy (non-hydrogen) atoms. The molecule has 0 spiro atoms. The SMILES string of the molecule is CC1CN(C(=O)C(C)(C)S(=O)(=O)C2CC2)C1. The summed E-state index contributed by atoms with van der Waals surface area (Å²) in [5.41, 5.74) is 0. The van der Waals surface area contributed by atoms with E-state index in [2.05, 4.69) is 6.92 Å². The van der Waals surface area contributed by atoms with E-state index in [1.807, 2.05) is 0 Å². The van der Waals surface area contributed by atoms with Crippen LogP contribution in [-0.2, 0) is 14.6 Å². The monoisotopic (exact) mass is 245 g/mol. The Kier molecular flexibility index (Phi) is 2.57. The normalized spacial score (nSPS) is 23.1. The smallest absolute Gasteiger partial charge is 0.243 e. The Bertz CT molecular complexity index is 403. The number of hydrogen-bond donors (Lipinski definition) is 0. The van der Waals surface area contributed by atoms with Gasteiger partial charge >= 0.3 is 0 Å². The van der Waals surface area contributed by atoms with Crippen molar-refractivity contribution in [2.24, 2.45) is 5.92 Å². The molecule has 2 rings (SSSR count). The van der Waals surface area contributed by atoms with Crippen molar-refractivity contribution < 1.29 is 13.2 Å². The largest absolute Gasteiger partial charge is 0.341 e. The summed E-state index contributed by atoms with van der Waals surface area (Å²) in [5, 5.41) is -0.273. The van der Waals surface area contributed by atoms with Crippen LogP contribution in [0.1, 0.15) is 33.6 Å². The summed E-state index contributed by atoms with van der Waals surface area (Å²) in [5.74, 6) is 0.279. The number of nitrogens with zero attached hydrogens (tertiary/aromatic N) is 1. The fourth-order valence-corrected chi connectivity index (χ4v) is 4.12. The van der Waals surface area contributed by atoms with Gasteiger partial charge in [0.2, 0.25) is 5.91 Å². The summed E-state index contributed by atoms with van der Waals surface area (Å²) in [4.78, 5) is 13.8. The molecule has 2 fully saturated rings. The van der Waals surface area contributed by atoms with E-state index in [4.69, 9.17) is 0 Å². The van der Waals surface area contributed by atoms with Crippen LogP contribution in [0.4, 0.5) is 0 Å². The minimum Gasteiger partial charge on any atom is -0.341 e. The Balaban J connectivity index is 2.15. The number of carbonyl (C=O) groups excluding carboxylic acids is 1. The highest BCUT2D eigenvalue weighted by Gasteiger charge is 2.52. The average molecular weight is 245 g/mol. The molecule has 1 amide bonds. The number of rotatable bonds is 3. The fourth-order valence-electron chi connectivity index (χ4n) is 2.16.